The van der Waals surface area contributed by atoms with Gasteiger partial charge in [-0.05, 0) is 65.2 Å². The molecular weight excluding hydrogens is 539 g/mol. The Kier molecular flexibility index (Phi) is 7.37. The van der Waals surface area contributed by atoms with Crippen LogP contribution in [0.15, 0.2) is 131 Å². The van der Waals surface area contributed by atoms with Gasteiger partial charge in [0.1, 0.15) is 5.76 Å². The van der Waals surface area contributed by atoms with Gasteiger partial charge in [0.2, 0.25) is 5.78 Å². The van der Waals surface area contributed by atoms with Crippen molar-refractivity contribution < 1.29 is 9.21 Å². The van der Waals surface area contributed by atoms with E-state index in [1.54, 1.807) is 36.4 Å². The van der Waals surface area contributed by atoms with Crippen LogP contribution in [0.3, 0.4) is 0 Å². The summed E-state index contributed by atoms with van der Waals surface area (Å²) >= 11 is 12.3. The van der Waals surface area contributed by atoms with E-state index in [9.17, 15) is 4.79 Å². The van der Waals surface area contributed by atoms with Crippen molar-refractivity contribution in [3.63, 3.8) is 0 Å². The minimum Gasteiger partial charge on any atom is -0.453 e. The molecule has 0 saturated carbocycles. The number of allylic oxidation sites excluding steroid dienone is 1. The largest absolute Gasteiger partial charge is 0.453 e. The number of carbonyl (C=O) groups excluding carboxylic acids is 1. The Morgan fingerprint density at radius 1 is 0.850 bits per heavy atom. The van der Waals surface area contributed by atoms with Crippen molar-refractivity contribution in [2.45, 2.75) is 12.5 Å². The monoisotopic (exact) mass is 562 g/mol. The van der Waals surface area contributed by atoms with Crippen LogP contribution in [0.25, 0.3) is 17.4 Å². The molecule has 1 aliphatic heterocycles. The minimum absolute atomic E-state index is 0.0988. The van der Waals surface area contributed by atoms with Crippen LogP contribution in [0.4, 0.5) is 5.69 Å². The first-order chi connectivity index (χ1) is 19.5. The lowest BCUT2D eigenvalue weighted by atomic mass is 9.98. The van der Waals surface area contributed by atoms with E-state index in [4.69, 9.17) is 32.7 Å². The molecule has 196 valence electrons. The maximum absolute atomic E-state index is 12.8. The molecular formula is C34H24Cl2N2O2. The number of hydrogen-bond donors (Lipinski definition) is 0. The number of nitrogens with zero attached hydrogens (tertiary/aromatic N) is 2. The first-order valence-electron chi connectivity index (χ1n) is 12.9. The number of carbonyl (C=O) groups is 1. The number of rotatable bonds is 7. The number of hydrogen-bond acceptors (Lipinski definition) is 4. The van der Waals surface area contributed by atoms with Crippen molar-refractivity contribution in [3.8, 4) is 11.3 Å². The van der Waals surface area contributed by atoms with Gasteiger partial charge < -0.3 is 4.42 Å². The molecule has 0 amide bonds. The van der Waals surface area contributed by atoms with Crippen LogP contribution in [0.2, 0.25) is 10.0 Å². The van der Waals surface area contributed by atoms with Gasteiger partial charge in [0.15, 0.2) is 5.76 Å². The Hall–Kier alpha value is -4.38. The van der Waals surface area contributed by atoms with Crippen molar-refractivity contribution >= 4 is 46.5 Å². The molecule has 1 aromatic heterocycles. The second-order valence-electron chi connectivity index (χ2n) is 9.47. The molecule has 1 aliphatic rings. The van der Waals surface area contributed by atoms with E-state index in [0.29, 0.717) is 21.4 Å². The Bertz CT molecular complexity index is 1710. The smallest absolute Gasteiger partial charge is 0.221 e. The lowest BCUT2D eigenvalue weighted by molar-refractivity contribution is 0.102. The van der Waals surface area contributed by atoms with Crippen molar-refractivity contribution in [1.29, 1.82) is 0 Å². The number of furan rings is 1. The van der Waals surface area contributed by atoms with E-state index in [2.05, 4.69) is 41.4 Å². The van der Waals surface area contributed by atoms with Crippen molar-refractivity contribution in [3.05, 3.63) is 154 Å². The maximum atomic E-state index is 12.8. The average Bonchev–Trinajstić information content (AvgIpc) is 3.66. The molecule has 5 aromatic rings. The molecule has 0 saturated heterocycles. The van der Waals surface area contributed by atoms with Gasteiger partial charge in [-0.1, -0.05) is 102 Å². The second-order valence-corrected chi connectivity index (χ2v) is 10.3. The first-order valence-corrected chi connectivity index (χ1v) is 13.7. The van der Waals surface area contributed by atoms with Gasteiger partial charge in [-0.15, -0.1) is 0 Å². The maximum Gasteiger partial charge on any atom is 0.221 e. The number of halogens is 2. The third-order valence-corrected chi connectivity index (χ3v) is 7.38. The molecule has 6 rings (SSSR count). The van der Waals surface area contributed by atoms with Gasteiger partial charge in [0, 0.05) is 17.0 Å². The molecule has 6 heteroatoms. The van der Waals surface area contributed by atoms with Crippen LogP contribution < -0.4 is 5.01 Å². The van der Waals surface area contributed by atoms with Gasteiger partial charge in [0.05, 0.1) is 22.5 Å². The van der Waals surface area contributed by atoms with E-state index in [1.807, 2.05) is 48.5 Å². The molecule has 1 atom stereocenters. The zero-order chi connectivity index (χ0) is 27.5. The van der Waals surface area contributed by atoms with Crippen LogP contribution in [0.1, 0.15) is 39.7 Å². The van der Waals surface area contributed by atoms with E-state index >= 15 is 0 Å². The zero-order valence-electron chi connectivity index (χ0n) is 21.4. The topological polar surface area (TPSA) is 45.8 Å². The highest BCUT2D eigenvalue weighted by Gasteiger charge is 2.29. The number of ketones is 1. The average molecular weight is 563 g/mol. The SMILES string of the molecule is O=C(/C=C/c1ccc(N2N=C(c3ccccc3)CC2c2ccccc2)cc1)c1ccc(-c2ccc(Cl)cc2Cl)o1. The van der Waals surface area contributed by atoms with Gasteiger partial charge >= 0.3 is 0 Å². The fourth-order valence-corrected chi connectivity index (χ4v) is 5.29. The lowest BCUT2D eigenvalue weighted by Crippen LogP contribution is -2.18. The summed E-state index contributed by atoms with van der Waals surface area (Å²) < 4.78 is 5.78. The third kappa shape index (κ3) is 5.50. The van der Waals surface area contributed by atoms with Crippen LogP contribution >= 0.6 is 23.2 Å². The fourth-order valence-electron chi connectivity index (χ4n) is 4.78. The Morgan fingerprint density at radius 3 is 2.30 bits per heavy atom. The minimum atomic E-state index is -0.235. The van der Waals surface area contributed by atoms with E-state index in [1.165, 1.54) is 11.6 Å². The molecule has 2 heterocycles. The van der Waals surface area contributed by atoms with Crippen LogP contribution in [0.5, 0.6) is 0 Å². The van der Waals surface area contributed by atoms with E-state index < -0.39 is 0 Å². The van der Waals surface area contributed by atoms with E-state index in [-0.39, 0.29) is 17.6 Å². The Labute approximate surface area is 242 Å². The summed E-state index contributed by atoms with van der Waals surface area (Å²) in [5.41, 5.74) is 5.96. The van der Waals surface area contributed by atoms with Crippen molar-refractivity contribution in [2.24, 2.45) is 5.10 Å². The predicted molar refractivity (Wildman–Crippen MR) is 163 cm³/mol. The summed E-state index contributed by atoms with van der Waals surface area (Å²) in [7, 11) is 0. The number of anilines is 1. The highest BCUT2D eigenvalue weighted by Crippen LogP contribution is 2.37. The molecule has 1 unspecified atom stereocenters. The summed E-state index contributed by atoms with van der Waals surface area (Å²) in [6, 6.07) is 37.4. The van der Waals surface area contributed by atoms with Gasteiger partial charge in [0.25, 0.3) is 0 Å². The highest BCUT2D eigenvalue weighted by atomic mass is 35.5. The normalized spacial score (nSPS) is 15.0. The standard InChI is InChI=1S/C34H24Cl2N2O2/c35-26-14-17-28(29(36)21-26)33-19-20-34(40-33)32(39)18-13-23-11-15-27(16-12-23)38-31(25-9-5-2-6-10-25)22-30(37-38)24-7-3-1-4-8-24/h1-21,31H,22H2/b18-13+. The zero-order valence-corrected chi connectivity index (χ0v) is 22.9. The summed E-state index contributed by atoms with van der Waals surface area (Å²) in [4.78, 5) is 12.8. The van der Waals surface area contributed by atoms with Crippen molar-refractivity contribution in [1.82, 2.24) is 0 Å². The molecule has 0 spiro atoms. The van der Waals surface area contributed by atoms with E-state index in [0.717, 1.165) is 28.9 Å². The third-order valence-electron chi connectivity index (χ3n) is 6.83. The van der Waals surface area contributed by atoms with Crippen LogP contribution in [0, 0.1) is 0 Å². The quantitative estimate of drug-likeness (QED) is 0.146. The summed E-state index contributed by atoms with van der Waals surface area (Å²) in [6.45, 7) is 0. The molecule has 0 fully saturated rings. The number of benzene rings is 4. The second kappa shape index (κ2) is 11.4. The van der Waals surface area contributed by atoms with Gasteiger partial charge in [-0.25, -0.2) is 0 Å². The Morgan fingerprint density at radius 2 is 1.57 bits per heavy atom. The number of hydrazone groups is 1. The molecule has 40 heavy (non-hydrogen) atoms. The van der Waals surface area contributed by atoms with Gasteiger partial charge in [-0.2, -0.15) is 5.10 Å². The van der Waals surface area contributed by atoms with Crippen LogP contribution in [-0.2, 0) is 0 Å². The lowest BCUT2D eigenvalue weighted by Gasteiger charge is -2.24. The predicted octanol–water partition coefficient (Wildman–Crippen LogP) is 9.51. The molecule has 0 radical (unpaired) electrons. The summed E-state index contributed by atoms with van der Waals surface area (Å²) in [5, 5.41) is 8.10. The molecule has 4 nitrogen and oxygen atoms in total. The highest BCUT2D eigenvalue weighted by molar-refractivity contribution is 6.36. The van der Waals surface area contributed by atoms with Gasteiger partial charge in [-0.3, -0.25) is 9.80 Å². The first kappa shape index (κ1) is 25.9. The summed E-state index contributed by atoms with van der Waals surface area (Å²) in [5.74, 6) is 0.511. The molecule has 0 aliphatic carbocycles. The fraction of sp³-hybridized carbons (Fsp3) is 0.0588. The van der Waals surface area contributed by atoms with Crippen molar-refractivity contribution in [2.75, 3.05) is 5.01 Å². The molecule has 4 aromatic carbocycles. The Balaban J connectivity index is 1.20. The van der Waals surface area contributed by atoms with Crippen LogP contribution in [-0.4, -0.2) is 11.5 Å². The molecule has 0 N–H and O–H groups in total. The summed E-state index contributed by atoms with van der Waals surface area (Å²) in [6.07, 6.45) is 4.10. The molecule has 0 bridgehead atoms.